The molecule has 2 rings (SSSR count). The van der Waals surface area contributed by atoms with E-state index in [0.717, 1.165) is 4.47 Å². The number of benzene rings is 1. The molecule has 0 spiro atoms. The van der Waals surface area contributed by atoms with Gasteiger partial charge in [-0.2, -0.15) is 10.1 Å². The first-order chi connectivity index (χ1) is 7.25. The molecule has 0 fully saturated rings. The number of halogens is 1. The van der Waals surface area contributed by atoms with Gasteiger partial charge in [0.2, 0.25) is 5.95 Å². The molecule has 6 heteroatoms. The van der Waals surface area contributed by atoms with E-state index in [9.17, 15) is 4.79 Å². The Hall–Kier alpha value is -1.69. The van der Waals surface area contributed by atoms with Crippen LogP contribution in [0.4, 0.5) is 5.95 Å². The zero-order chi connectivity index (χ0) is 10.7. The Morgan fingerprint density at radius 1 is 1.33 bits per heavy atom. The summed E-state index contributed by atoms with van der Waals surface area (Å²) in [6.07, 6.45) is 1.33. The number of amides is 1. The van der Waals surface area contributed by atoms with Crippen LogP contribution in [-0.2, 0) is 0 Å². The number of nitrogens with one attached hydrogen (secondary N) is 2. The Labute approximate surface area is 94.0 Å². The SMILES string of the molecule is O=C(Nc1ncn[nH]1)c1ccc(Br)cc1. The molecule has 1 aromatic carbocycles. The summed E-state index contributed by atoms with van der Waals surface area (Å²) in [7, 11) is 0. The van der Waals surface area contributed by atoms with Crippen molar-refractivity contribution >= 4 is 27.8 Å². The highest BCUT2D eigenvalue weighted by Gasteiger charge is 2.06. The van der Waals surface area contributed by atoms with Gasteiger partial charge in [0.05, 0.1) is 0 Å². The summed E-state index contributed by atoms with van der Waals surface area (Å²) in [6, 6.07) is 7.04. The van der Waals surface area contributed by atoms with E-state index in [0.29, 0.717) is 11.5 Å². The van der Waals surface area contributed by atoms with E-state index < -0.39 is 0 Å². The van der Waals surface area contributed by atoms with Crippen LogP contribution >= 0.6 is 15.9 Å². The molecule has 2 N–H and O–H groups in total. The van der Waals surface area contributed by atoms with Crippen molar-refractivity contribution in [2.24, 2.45) is 0 Å². The fourth-order valence-corrected chi connectivity index (χ4v) is 1.31. The van der Waals surface area contributed by atoms with Gasteiger partial charge >= 0.3 is 0 Å². The molecule has 0 bridgehead atoms. The van der Waals surface area contributed by atoms with Gasteiger partial charge in [0.25, 0.3) is 5.91 Å². The van der Waals surface area contributed by atoms with Crippen molar-refractivity contribution in [3.8, 4) is 0 Å². The van der Waals surface area contributed by atoms with Gasteiger partial charge in [0.15, 0.2) is 0 Å². The topological polar surface area (TPSA) is 70.7 Å². The molecule has 0 atom stereocenters. The third-order valence-electron chi connectivity index (χ3n) is 1.75. The largest absolute Gasteiger partial charge is 0.291 e. The average molecular weight is 267 g/mol. The number of hydrogen-bond acceptors (Lipinski definition) is 3. The molecule has 1 amide bonds. The molecule has 0 aliphatic carbocycles. The van der Waals surface area contributed by atoms with Gasteiger partial charge in [-0.25, -0.2) is 5.10 Å². The lowest BCUT2D eigenvalue weighted by molar-refractivity contribution is 0.102. The normalized spacial score (nSPS) is 9.93. The fourth-order valence-electron chi connectivity index (χ4n) is 1.05. The third kappa shape index (κ3) is 2.41. The lowest BCUT2D eigenvalue weighted by Gasteiger charge is -2.00. The molecule has 0 unspecified atom stereocenters. The number of carbonyl (C=O) groups excluding carboxylic acids is 1. The highest BCUT2D eigenvalue weighted by Crippen LogP contribution is 2.11. The maximum absolute atomic E-state index is 11.6. The maximum atomic E-state index is 11.6. The van der Waals surface area contributed by atoms with Crippen LogP contribution in [0.25, 0.3) is 0 Å². The minimum Gasteiger partial charge on any atom is -0.291 e. The van der Waals surface area contributed by atoms with Crippen molar-refractivity contribution in [2.45, 2.75) is 0 Å². The summed E-state index contributed by atoms with van der Waals surface area (Å²) in [5.41, 5.74) is 0.564. The number of anilines is 1. The maximum Gasteiger partial charge on any atom is 0.258 e. The van der Waals surface area contributed by atoms with Crippen molar-refractivity contribution in [3.05, 3.63) is 40.6 Å². The Morgan fingerprint density at radius 3 is 2.67 bits per heavy atom. The summed E-state index contributed by atoms with van der Waals surface area (Å²) in [4.78, 5) is 15.4. The Bertz CT molecular complexity index is 451. The van der Waals surface area contributed by atoms with Crippen LogP contribution in [0.2, 0.25) is 0 Å². The van der Waals surface area contributed by atoms with Gasteiger partial charge in [-0.1, -0.05) is 15.9 Å². The van der Waals surface area contributed by atoms with Crippen LogP contribution in [0.15, 0.2) is 35.1 Å². The number of hydrogen-bond donors (Lipinski definition) is 2. The molecule has 0 saturated heterocycles. The first kappa shape index (κ1) is 9.85. The lowest BCUT2D eigenvalue weighted by Crippen LogP contribution is -2.12. The first-order valence-electron chi connectivity index (χ1n) is 4.18. The molecule has 2 aromatic rings. The second-order valence-corrected chi connectivity index (χ2v) is 3.71. The van der Waals surface area contributed by atoms with E-state index in [-0.39, 0.29) is 5.91 Å². The van der Waals surface area contributed by atoms with Crippen LogP contribution in [0.1, 0.15) is 10.4 Å². The van der Waals surface area contributed by atoms with E-state index >= 15 is 0 Å². The molecule has 0 aliphatic heterocycles. The Morgan fingerprint density at radius 2 is 2.07 bits per heavy atom. The quantitative estimate of drug-likeness (QED) is 0.871. The van der Waals surface area contributed by atoms with Crippen LogP contribution in [0.3, 0.4) is 0 Å². The second-order valence-electron chi connectivity index (χ2n) is 2.80. The number of aromatic amines is 1. The molecule has 0 saturated carbocycles. The monoisotopic (exact) mass is 266 g/mol. The summed E-state index contributed by atoms with van der Waals surface area (Å²) < 4.78 is 0.929. The van der Waals surface area contributed by atoms with Crippen molar-refractivity contribution in [1.29, 1.82) is 0 Å². The summed E-state index contributed by atoms with van der Waals surface area (Å²) in [5, 5.41) is 8.75. The van der Waals surface area contributed by atoms with E-state index in [2.05, 4.69) is 36.4 Å². The average Bonchev–Trinajstić information content (AvgIpc) is 2.71. The van der Waals surface area contributed by atoms with E-state index in [1.165, 1.54) is 6.33 Å². The summed E-state index contributed by atoms with van der Waals surface area (Å²) >= 11 is 3.29. The standard InChI is InChI=1S/C9H7BrN4O/c10-7-3-1-6(2-4-7)8(15)13-9-11-5-12-14-9/h1-5H,(H2,11,12,13,14,15). The number of carbonyl (C=O) groups is 1. The summed E-state index contributed by atoms with van der Waals surface area (Å²) in [6.45, 7) is 0. The van der Waals surface area contributed by atoms with Gasteiger partial charge in [-0.3, -0.25) is 10.1 Å². The zero-order valence-electron chi connectivity index (χ0n) is 7.57. The molecular weight excluding hydrogens is 260 g/mol. The van der Waals surface area contributed by atoms with E-state index in [4.69, 9.17) is 0 Å². The van der Waals surface area contributed by atoms with E-state index in [1.54, 1.807) is 24.3 Å². The molecule has 1 aromatic heterocycles. The number of aromatic nitrogens is 3. The van der Waals surface area contributed by atoms with Gasteiger partial charge < -0.3 is 0 Å². The summed E-state index contributed by atoms with van der Waals surface area (Å²) in [5.74, 6) is 0.113. The first-order valence-corrected chi connectivity index (χ1v) is 4.97. The molecule has 76 valence electrons. The van der Waals surface area contributed by atoms with Gasteiger partial charge in [-0.05, 0) is 24.3 Å². The van der Waals surface area contributed by atoms with Gasteiger partial charge in [0.1, 0.15) is 6.33 Å². The van der Waals surface area contributed by atoms with Gasteiger partial charge in [0, 0.05) is 10.0 Å². The molecule has 0 aliphatic rings. The Balaban J connectivity index is 2.11. The van der Waals surface area contributed by atoms with Crippen LogP contribution in [-0.4, -0.2) is 21.1 Å². The molecule has 15 heavy (non-hydrogen) atoms. The number of H-pyrrole nitrogens is 1. The lowest BCUT2D eigenvalue weighted by atomic mass is 10.2. The van der Waals surface area contributed by atoms with Crippen LogP contribution in [0, 0.1) is 0 Å². The predicted molar refractivity (Wildman–Crippen MR) is 58.5 cm³/mol. The van der Waals surface area contributed by atoms with Crippen molar-refractivity contribution in [1.82, 2.24) is 15.2 Å². The zero-order valence-corrected chi connectivity index (χ0v) is 9.15. The van der Waals surface area contributed by atoms with Crippen LogP contribution in [0.5, 0.6) is 0 Å². The fraction of sp³-hybridized carbons (Fsp3) is 0. The highest BCUT2D eigenvalue weighted by molar-refractivity contribution is 9.10. The van der Waals surface area contributed by atoms with E-state index in [1.807, 2.05) is 0 Å². The minimum absolute atomic E-state index is 0.223. The smallest absolute Gasteiger partial charge is 0.258 e. The third-order valence-corrected chi connectivity index (χ3v) is 2.28. The predicted octanol–water partition coefficient (Wildman–Crippen LogP) is 1.82. The number of rotatable bonds is 2. The molecule has 1 heterocycles. The Kier molecular flexibility index (Phi) is 2.77. The minimum atomic E-state index is -0.223. The molecule has 5 nitrogen and oxygen atoms in total. The van der Waals surface area contributed by atoms with Crippen molar-refractivity contribution in [2.75, 3.05) is 5.32 Å². The molecular formula is C9H7BrN4O. The second kappa shape index (κ2) is 4.22. The van der Waals surface area contributed by atoms with Crippen LogP contribution < -0.4 is 5.32 Å². The van der Waals surface area contributed by atoms with Crippen molar-refractivity contribution < 1.29 is 4.79 Å². The number of nitrogens with zero attached hydrogens (tertiary/aromatic N) is 2. The van der Waals surface area contributed by atoms with Gasteiger partial charge in [-0.15, -0.1) is 0 Å². The molecule has 0 radical (unpaired) electrons. The van der Waals surface area contributed by atoms with Crippen molar-refractivity contribution in [3.63, 3.8) is 0 Å². The highest BCUT2D eigenvalue weighted by atomic mass is 79.9.